The summed E-state index contributed by atoms with van der Waals surface area (Å²) in [5.41, 5.74) is 1.22. The van der Waals surface area contributed by atoms with E-state index in [4.69, 9.17) is 18.5 Å². The van der Waals surface area contributed by atoms with Crippen LogP contribution < -0.4 is 14.6 Å². The van der Waals surface area contributed by atoms with E-state index < -0.39 is 15.4 Å². The van der Waals surface area contributed by atoms with Gasteiger partial charge in [0.1, 0.15) is 11.5 Å². The van der Waals surface area contributed by atoms with Crippen LogP contribution in [0.4, 0.5) is 0 Å². The first-order chi connectivity index (χ1) is 11.6. The van der Waals surface area contributed by atoms with Crippen LogP contribution in [0.1, 0.15) is 54.0 Å². The summed E-state index contributed by atoms with van der Waals surface area (Å²) in [5.74, 6) is 1.60. The van der Waals surface area contributed by atoms with Crippen molar-refractivity contribution >= 4 is 20.9 Å². The van der Waals surface area contributed by atoms with Crippen molar-refractivity contribution in [2.45, 2.75) is 84.7 Å². The van der Waals surface area contributed by atoms with Crippen molar-refractivity contribution in [3.05, 3.63) is 17.7 Å². The smallest absolute Gasteiger partial charge is 0.498 e. The fourth-order valence-corrected chi connectivity index (χ4v) is 3.69. The van der Waals surface area contributed by atoms with Crippen molar-refractivity contribution in [3.63, 3.8) is 0 Å². The van der Waals surface area contributed by atoms with E-state index in [1.165, 1.54) is 0 Å². The topological polar surface area (TPSA) is 36.9 Å². The van der Waals surface area contributed by atoms with Gasteiger partial charge in [-0.05, 0) is 64.4 Å². The predicted octanol–water partition coefficient (Wildman–Crippen LogP) is 4.69. The Morgan fingerprint density at radius 3 is 1.92 bits per heavy atom. The lowest BCUT2D eigenvalue weighted by Gasteiger charge is -2.36. The molecule has 1 aliphatic rings. The Morgan fingerprint density at radius 1 is 1.00 bits per heavy atom. The van der Waals surface area contributed by atoms with E-state index in [9.17, 15) is 0 Å². The van der Waals surface area contributed by atoms with Gasteiger partial charge in [-0.1, -0.05) is 20.8 Å². The average Bonchev–Trinajstić information content (AvgIpc) is 2.64. The highest BCUT2D eigenvalue weighted by Gasteiger charge is 2.53. The molecule has 0 atom stereocenters. The molecule has 0 saturated carbocycles. The van der Waals surface area contributed by atoms with Crippen LogP contribution in [-0.4, -0.2) is 33.7 Å². The maximum atomic E-state index is 6.47. The van der Waals surface area contributed by atoms with Gasteiger partial charge in [0.15, 0.2) is 0 Å². The zero-order chi connectivity index (χ0) is 20.1. The highest BCUT2D eigenvalue weighted by Crippen LogP contribution is 2.40. The number of aryl methyl sites for hydroxylation is 1. The fourth-order valence-electron chi connectivity index (χ4n) is 2.67. The van der Waals surface area contributed by atoms with E-state index >= 15 is 0 Å². The van der Waals surface area contributed by atoms with Gasteiger partial charge in [-0.2, -0.15) is 0 Å². The quantitative estimate of drug-likeness (QED) is 0.713. The summed E-state index contributed by atoms with van der Waals surface area (Å²) in [4.78, 5) is 0. The highest BCUT2D eigenvalue weighted by atomic mass is 28.4. The molecule has 0 amide bonds. The van der Waals surface area contributed by atoms with Crippen LogP contribution in [0, 0.1) is 6.92 Å². The first-order valence-electron chi connectivity index (χ1n) is 9.34. The fraction of sp³-hybridized carbons (Fsp3) is 0.700. The van der Waals surface area contributed by atoms with Gasteiger partial charge in [-0.3, -0.25) is 0 Å². The van der Waals surface area contributed by atoms with Crippen LogP contribution in [0.5, 0.6) is 11.5 Å². The van der Waals surface area contributed by atoms with Crippen molar-refractivity contribution in [2.75, 3.05) is 7.11 Å². The molecule has 0 aliphatic carbocycles. The third kappa shape index (κ3) is 3.83. The van der Waals surface area contributed by atoms with Crippen molar-refractivity contribution in [2.24, 2.45) is 0 Å². The molecule has 1 saturated heterocycles. The van der Waals surface area contributed by atoms with Gasteiger partial charge in [0.2, 0.25) is 8.32 Å². The monoisotopic (exact) mass is 378 g/mol. The predicted molar refractivity (Wildman–Crippen MR) is 111 cm³/mol. The summed E-state index contributed by atoms with van der Waals surface area (Å²) in [6.07, 6.45) is 0. The molecule has 4 nitrogen and oxygen atoms in total. The molecule has 1 fully saturated rings. The zero-order valence-corrected chi connectivity index (χ0v) is 19.4. The van der Waals surface area contributed by atoms with E-state index in [2.05, 4.69) is 74.6 Å². The number of ether oxygens (including phenoxy) is 1. The van der Waals surface area contributed by atoms with Crippen molar-refractivity contribution < 1.29 is 18.5 Å². The minimum absolute atomic E-state index is 0.137. The van der Waals surface area contributed by atoms with Crippen molar-refractivity contribution in [3.8, 4) is 11.5 Å². The molecule has 0 spiro atoms. The van der Waals surface area contributed by atoms with Gasteiger partial charge in [0.25, 0.3) is 0 Å². The van der Waals surface area contributed by atoms with Gasteiger partial charge in [0.05, 0.1) is 18.3 Å². The lowest BCUT2D eigenvalue weighted by atomic mass is 9.75. The maximum absolute atomic E-state index is 6.47. The number of hydrogen-bond acceptors (Lipinski definition) is 4. The van der Waals surface area contributed by atoms with E-state index in [1.807, 2.05) is 6.07 Å². The Labute approximate surface area is 160 Å². The van der Waals surface area contributed by atoms with Gasteiger partial charge in [-0.25, -0.2) is 0 Å². The summed E-state index contributed by atoms with van der Waals surface area (Å²) in [6, 6.07) is 4.04. The second-order valence-electron chi connectivity index (χ2n) is 9.81. The first-order valence-corrected chi connectivity index (χ1v) is 12.3. The highest BCUT2D eigenvalue weighted by molar-refractivity contribution is 6.74. The largest absolute Gasteiger partial charge is 0.543 e. The minimum Gasteiger partial charge on any atom is -0.543 e. The standard InChI is InChI=1S/C20H35BO4Si/c1-14-12-15(23-26(10,11)18(2,3)4)13-16(22-9)17(14)21-24-19(5,6)20(7,8)25-21/h12-13H,1-11H3. The zero-order valence-electron chi connectivity index (χ0n) is 18.4. The molecule has 146 valence electrons. The molecule has 1 aliphatic heterocycles. The van der Waals surface area contributed by atoms with Crippen LogP contribution in [0.15, 0.2) is 12.1 Å². The van der Waals surface area contributed by atoms with Crippen LogP contribution >= 0.6 is 0 Å². The Kier molecular flexibility index (Phi) is 5.39. The minimum atomic E-state index is -1.92. The summed E-state index contributed by atoms with van der Waals surface area (Å²) in [5, 5.41) is 0.137. The van der Waals surface area contributed by atoms with Crippen molar-refractivity contribution in [1.82, 2.24) is 0 Å². The SMILES string of the molecule is COc1cc(O[Si](C)(C)C(C)(C)C)cc(C)c1B1OC(C)(C)C(C)(C)O1. The first kappa shape index (κ1) is 21.3. The number of hydrogen-bond donors (Lipinski definition) is 0. The number of methoxy groups -OCH3 is 1. The van der Waals surface area contributed by atoms with E-state index in [1.54, 1.807) is 7.11 Å². The van der Waals surface area contributed by atoms with Gasteiger partial charge >= 0.3 is 7.12 Å². The van der Waals surface area contributed by atoms with Crippen LogP contribution in [0.25, 0.3) is 0 Å². The van der Waals surface area contributed by atoms with E-state index in [-0.39, 0.29) is 16.2 Å². The Balaban J connectivity index is 2.40. The second-order valence-corrected chi connectivity index (χ2v) is 14.5. The molecule has 0 aromatic heterocycles. The molecular formula is C20H35BO4Si. The molecule has 1 aromatic carbocycles. The summed E-state index contributed by atoms with van der Waals surface area (Å²) in [7, 11) is -0.684. The summed E-state index contributed by atoms with van der Waals surface area (Å²) in [6.45, 7) is 21.5. The normalized spacial score (nSPS) is 19.6. The lowest BCUT2D eigenvalue weighted by molar-refractivity contribution is 0.00578. The van der Waals surface area contributed by atoms with Crippen LogP contribution in [0.3, 0.4) is 0 Å². The van der Waals surface area contributed by atoms with Gasteiger partial charge in [-0.15, -0.1) is 0 Å². The molecule has 2 rings (SSSR count). The van der Waals surface area contributed by atoms with Gasteiger partial charge < -0.3 is 18.5 Å². The Hall–Kier alpha value is -0.978. The third-order valence-electron chi connectivity index (χ3n) is 6.21. The second kappa shape index (κ2) is 6.57. The molecule has 0 bridgehead atoms. The average molecular weight is 378 g/mol. The Morgan fingerprint density at radius 2 is 1.50 bits per heavy atom. The van der Waals surface area contributed by atoms with Crippen LogP contribution in [-0.2, 0) is 9.31 Å². The molecule has 1 heterocycles. The molecule has 0 radical (unpaired) electrons. The molecule has 0 unspecified atom stereocenters. The van der Waals surface area contributed by atoms with E-state index in [0.717, 1.165) is 22.5 Å². The third-order valence-corrected chi connectivity index (χ3v) is 10.6. The molecule has 6 heteroatoms. The van der Waals surface area contributed by atoms with Crippen LogP contribution in [0.2, 0.25) is 18.1 Å². The molecule has 0 N–H and O–H groups in total. The summed E-state index contributed by atoms with van der Waals surface area (Å²) >= 11 is 0. The molecule has 26 heavy (non-hydrogen) atoms. The lowest BCUT2D eigenvalue weighted by Crippen LogP contribution is -2.44. The Bertz CT molecular complexity index is 661. The van der Waals surface area contributed by atoms with Crippen molar-refractivity contribution in [1.29, 1.82) is 0 Å². The number of rotatable bonds is 4. The molecule has 1 aromatic rings. The van der Waals surface area contributed by atoms with E-state index in [0.29, 0.717) is 0 Å². The summed E-state index contributed by atoms with van der Waals surface area (Å²) < 4.78 is 24.6. The molecular weight excluding hydrogens is 343 g/mol. The maximum Gasteiger partial charge on any atom is 0.498 e. The van der Waals surface area contributed by atoms with Gasteiger partial charge in [0, 0.05) is 11.5 Å². The number of benzene rings is 1.